The number of aromatic nitrogens is 1. The van der Waals surface area contributed by atoms with Crippen LogP contribution in [-0.2, 0) is 11.3 Å². The molecule has 1 fully saturated rings. The zero-order valence-corrected chi connectivity index (χ0v) is 14.1. The highest BCUT2D eigenvalue weighted by Crippen LogP contribution is 2.27. The zero-order chi connectivity index (χ0) is 16.3. The van der Waals surface area contributed by atoms with E-state index >= 15 is 0 Å². The van der Waals surface area contributed by atoms with Crippen molar-refractivity contribution < 1.29 is 9.15 Å². The minimum absolute atomic E-state index is 0.157. The molecule has 1 heterocycles. The Morgan fingerprint density at radius 1 is 1.22 bits per heavy atom. The number of benzene rings is 1. The smallest absolute Gasteiger partial charge is 0.226 e. The predicted octanol–water partition coefficient (Wildman–Crippen LogP) is 4.14. The van der Waals surface area contributed by atoms with Gasteiger partial charge in [0, 0.05) is 11.1 Å². The first kappa shape index (κ1) is 16.2. The van der Waals surface area contributed by atoms with Gasteiger partial charge < -0.3 is 14.9 Å². The average molecular weight is 314 g/mol. The highest BCUT2D eigenvalue weighted by atomic mass is 16.5. The van der Waals surface area contributed by atoms with Crippen molar-refractivity contribution in [2.45, 2.75) is 58.1 Å². The SMILES string of the molecule is Cc1cccc(-c2nc(COCC3(N)CCCCC3)c(C)o2)c1. The monoisotopic (exact) mass is 314 g/mol. The fourth-order valence-electron chi connectivity index (χ4n) is 3.21. The van der Waals surface area contributed by atoms with Gasteiger partial charge in [0.1, 0.15) is 11.5 Å². The van der Waals surface area contributed by atoms with Gasteiger partial charge in [-0.3, -0.25) is 0 Å². The molecule has 0 bridgehead atoms. The van der Waals surface area contributed by atoms with Crippen LogP contribution in [0.1, 0.15) is 49.1 Å². The lowest BCUT2D eigenvalue weighted by Crippen LogP contribution is -2.46. The van der Waals surface area contributed by atoms with E-state index in [0.29, 0.717) is 19.1 Å². The van der Waals surface area contributed by atoms with E-state index in [1.54, 1.807) is 0 Å². The summed E-state index contributed by atoms with van der Waals surface area (Å²) in [6.45, 7) is 5.05. The Kier molecular flexibility index (Phi) is 4.83. The van der Waals surface area contributed by atoms with E-state index in [1.807, 2.05) is 19.1 Å². The quantitative estimate of drug-likeness (QED) is 0.901. The normalized spacial score (nSPS) is 17.3. The van der Waals surface area contributed by atoms with Gasteiger partial charge in [-0.15, -0.1) is 0 Å². The molecule has 1 aliphatic carbocycles. The number of nitrogens with zero attached hydrogens (tertiary/aromatic N) is 1. The molecular formula is C19H26N2O2. The highest BCUT2D eigenvalue weighted by molar-refractivity contribution is 5.54. The molecule has 1 aliphatic rings. The summed E-state index contributed by atoms with van der Waals surface area (Å²) >= 11 is 0. The minimum Gasteiger partial charge on any atom is -0.441 e. The molecule has 0 unspecified atom stereocenters. The van der Waals surface area contributed by atoms with Crippen LogP contribution in [0.3, 0.4) is 0 Å². The Labute approximate surface area is 138 Å². The van der Waals surface area contributed by atoms with E-state index in [4.69, 9.17) is 14.9 Å². The third-order valence-corrected chi connectivity index (χ3v) is 4.64. The number of oxazole rings is 1. The number of hydrogen-bond donors (Lipinski definition) is 1. The summed E-state index contributed by atoms with van der Waals surface area (Å²) in [5.74, 6) is 1.47. The molecule has 124 valence electrons. The number of nitrogens with two attached hydrogens (primary N) is 1. The summed E-state index contributed by atoms with van der Waals surface area (Å²) in [6.07, 6.45) is 5.82. The van der Waals surface area contributed by atoms with Gasteiger partial charge in [0.15, 0.2) is 0 Å². The maximum atomic E-state index is 6.41. The number of ether oxygens (including phenoxy) is 1. The maximum absolute atomic E-state index is 6.41. The molecule has 1 aromatic heterocycles. The van der Waals surface area contributed by atoms with Crippen molar-refractivity contribution in [1.29, 1.82) is 0 Å². The number of aryl methyl sites for hydroxylation is 2. The first-order valence-electron chi connectivity index (χ1n) is 8.46. The Hall–Kier alpha value is -1.65. The molecule has 0 saturated heterocycles. The second-order valence-corrected chi connectivity index (χ2v) is 6.81. The summed E-state index contributed by atoms with van der Waals surface area (Å²) in [7, 11) is 0. The molecule has 23 heavy (non-hydrogen) atoms. The topological polar surface area (TPSA) is 61.3 Å². The van der Waals surface area contributed by atoms with Gasteiger partial charge in [0.25, 0.3) is 0 Å². The van der Waals surface area contributed by atoms with Crippen molar-refractivity contribution in [3.8, 4) is 11.5 Å². The van der Waals surface area contributed by atoms with Gasteiger partial charge in [-0.2, -0.15) is 0 Å². The van der Waals surface area contributed by atoms with Crippen LogP contribution >= 0.6 is 0 Å². The Bertz CT molecular complexity index is 657. The summed E-state index contributed by atoms with van der Waals surface area (Å²) in [5.41, 5.74) is 9.30. The van der Waals surface area contributed by atoms with Crippen LogP contribution in [0.4, 0.5) is 0 Å². The van der Waals surface area contributed by atoms with Gasteiger partial charge in [0.05, 0.1) is 13.2 Å². The number of hydrogen-bond acceptors (Lipinski definition) is 4. The maximum Gasteiger partial charge on any atom is 0.226 e. The lowest BCUT2D eigenvalue weighted by molar-refractivity contribution is 0.0554. The van der Waals surface area contributed by atoms with Crippen molar-refractivity contribution in [3.05, 3.63) is 41.3 Å². The molecule has 2 aromatic rings. The zero-order valence-electron chi connectivity index (χ0n) is 14.1. The summed E-state index contributed by atoms with van der Waals surface area (Å²) in [6, 6.07) is 8.17. The second kappa shape index (κ2) is 6.85. The third kappa shape index (κ3) is 4.01. The first-order valence-corrected chi connectivity index (χ1v) is 8.46. The largest absolute Gasteiger partial charge is 0.441 e. The molecule has 1 aromatic carbocycles. The van der Waals surface area contributed by atoms with Crippen molar-refractivity contribution in [2.24, 2.45) is 5.73 Å². The molecule has 3 rings (SSSR count). The predicted molar refractivity (Wildman–Crippen MR) is 91.1 cm³/mol. The van der Waals surface area contributed by atoms with Crippen LogP contribution in [0.2, 0.25) is 0 Å². The Morgan fingerprint density at radius 2 is 2.00 bits per heavy atom. The van der Waals surface area contributed by atoms with E-state index in [-0.39, 0.29) is 5.54 Å². The standard InChI is InChI=1S/C19H26N2O2/c1-14-7-6-8-16(11-14)18-21-17(15(2)23-18)12-22-13-19(20)9-4-3-5-10-19/h6-8,11H,3-5,9-10,12-13,20H2,1-2H3. The lowest BCUT2D eigenvalue weighted by atomic mass is 9.83. The number of rotatable bonds is 5. The summed E-state index contributed by atoms with van der Waals surface area (Å²) in [4.78, 5) is 4.59. The molecule has 0 aliphatic heterocycles. The van der Waals surface area contributed by atoms with E-state index in [9.17, 15) is 0 Å². The van der Waals surface area contributed by atoms with Gasteiger partial charge in [0.2, 0.25) is 5.89 Å². The van der Waals surface area contributed by atoms with Crippen LogP contribution in [0.25, 0.3) is 11.5 Å². The van der Waals surface area contributed by atoms with Gasteiger partial charge in [-0.05, 0) is 38.8 Å². The van der Waals surface area contributed by atoms with Gasteiger partial charge in [-0.1, -0.05) is 37.0 Å². The second-order valence-electron chi connectivity index (χ2n) is 6.81. The molecule has 0 radical (unpaired) electrons. The van der Waals surface area contributed by atoms with Gasteiger partial charge in [-0.25, -0.2) is 4.98 Å². The fraction of sp³-hybridized carbons (Fsp3) is 0.526. The third-order valence-electron chi connectivity index (χ3n) is 4.64. The average Bonchev–Trinajstić information content (AvgIpc) is 2.89. The van der Waals surface area contributed by atoms with Crippen LogP contribution in [0.15, 0.2) is 28.7 Å². The van der Waals surface area contributed by atoms with Gasteiger partial charge >= 0.3 is 0 Å². The van der Waals surface area contributed by atoms with Crippen LogP contribution in [-0.4, -0.2) is 17.1 Å². The molecular weight excluding hydrogens is 288 g/mol. The van der Waals surface area contributed by atoms with Crippen LogP contribution < -0.4 is 5.73 Å². The van der Waals surface area contributed by atoms with E-state index < -0.39 is 0 Å². The molecule has 2 N–H and O–H groups in total. The molecule has 0 atom stereocenters. The van der Waals surface area contributed by atoms with E-state index in [1.165, 1.54) is 24.8 Å². The van der Waals surface area contributed by atoms with Crippen molar-refractivity contribution >= 4 is 0 Å². The van der Waals surface area contributed by atoms with E-state index in [2.05, 4.69) is 24.0 Å². The van der Waals surface area contributed by atoms with E-state index in [0.717, 1.165) is 29.9 Å². The first-order chi connectivity index (χ1) is 11.1. The van der Waals surface area contributed by atoms with Crippen molar-refractivity contribution in [1.82, 2.24) is 4.98 Å². The molecule has 4 heteroatoms. The summed E-state index contributed by atoms with van der Waals surface area (Å²) in [5, 5.41) is 0. The van der Waals surface area contributed by atoms with Crippen LogP contribution in [0, 0.1) is 13.8 Å². The molecule has 4 nitrogen and oxygen atoms in total. The lowest BCUT2D eigenvalue weighted by Gasteiger charge is -2.32. The van der Waals surface area contributed by atoms with Crippen molar-refractivity contribution in [3.63, 3.8) is 0 Å². The summed E-state index contributed by atoms with van der Waals surface area (Å²) < 4.78 is 11.7. The van der Waals surface area contributed by atoms with Crippen molar-refractivity contribution in [2.75, 3.05) is 6.61 Å². The fourth-order valence-corrected chi connectivity index (χ4v) is 3.21. The molecule has 1 saturated carbocycles. The van der Waals surface area contributed by atoms with Crippen LogP contribution in [0.5, 0.6) is 0 Å². The minimum atomic E-state index is -0.157. The highest BCUT2D eigenvalue weighted by Gasteiger charge is 2.27. The molecule has 0 spiro atoms. The Morgan fingerprint density at radius 3 is 2.74 bits per heavy atom. The molecule has 0 amide bonds. The Balaban J connectivity index is 1.62.